The molecule has 4 aromatic rings. The van der Waals surface area contributed by atoms with E-state index in [0.717, 1.165) is 23.5 Å². The van der Waals surface area contributed by atoms with Crippen LogP contribution in [0.25, 0.3) is 5.69 Å². The largest absolute Gasteiger partial charge is 0.494 e. The first kappa shape index (κ1) is 26.6. The minimum atomic E-state index is -9.80. The van der Waals surface area contributed by atoms with Gasteiger partial charge in [-0.2, -0.15) is 0 Å². The average Bonchev–Trinajstić information content (AvgIpc) is 3.25. The first-order valence-corrected chi connectivity index (χ1v) is 13.1. The molecule has 37 heavy (non-hydrogen) atoms. The highest BCUT2D eigenvalue weighted by atomic mass is 35.5. The van der Waals surface area contributed by atoms with Crippen LogP contribution in [0.15, 0.2) is 76.9 Å². The van der Waals surface area contributed by atoms with Crippen molar-refractivity contribution < 1.29 is 24.2 Å². The van der Waals surface area contributed by atoms with E-state index in [9.17, 15) is 24.2 Å². The number of benzene rings is 2. The van der Waals surface area contributed by atoms with Crippen LogP contribution < -0.4 is 15.6 Å². The summed E-state index contributed by atoms with van der Waals surface area (Å²) in [6.45, 7) is 3.40. The normalized spacial score (nSPS) is 14.5. The fraction of sp³-hybridized carbons (Fsp3) is 0.167. The van der Waals surface area contributed by atoms with Gasteiger partial charge in [-0.25, -0.2) is 4.98 Å². The zero-order valence-corrected chi connectivity index (χ0v) is 21.3. The molecule has 0 aliphatic heterocycles. The van der Waals surface area contributed by atoms with Crippen LogP contribution in [0.2, 0.25) is 5.02 Å². The van der Waals surface area contributed by atoms with Crippen LogP contribution in [0.3, 0.4) is 0 Å². The van der Waals surface area contributed by atoms with Crippen LogP contribution in [0, 0.1) is 6.92 Å². The zero-order valence-electron chi connectivity index (χ0n) is 19.8. The van der Waals surface area contributed by atoms with Crippen LogP contribution in [-0.4, -0.2) is 21.2 Å². The molecule has 0 saturated heterocycles. The molecular formula is C24H22ClF5N4O2S. The van der Waals surface area contributed by atoms with Crippen LogP contribution >= 0.6 is 21.8 Å². The van der Waals surface area contributed by atoms with Gasteiger partial charge in [-0.15, -0.1) is 0 Å². The molecule has 0 aliphatic rings. The molecule has 1 N–H and O–H groups in total. The van der Waals surface area contributed by atoms with Crippen molar-refractivity contribution >= 4 is 33.2 Å². The van der Waals surface area contributed by atoms with E-state index in [0.29, 0.717) is 23.6 Å². The Balaban J connectivity index is 1.66. The molecular weight excluding hydrogens is 539 g/mol. The Morgan fingerprint density at radius 2 is 1.70 bits per heavy atom. The maximum atomic E-state index is 13.2. The summed E-state index contributed by atoms with van der Waals surface area (Å²) in [5, 5.41) is 3.17. The molecule has 2 heterocycles. The highest BCUT2D eigenvalue weighted by molar-refractivity contribution is 8.45. The van der Waals surface area contributed by atoms with E-state index in [4.69, 9.17) is 16.3 Å². The minimum absolute atomic E-state index is 0.0938. The Morgan fingerprint density at radius 3 is 2.27 bits per heavy atom. The van der Waals surface area contributed by atoms with Gasteiger partial charge in [-0.3, -0.25) is 4.79 Å². The second-order valence-corrected chi connectivity index (χ2v) is 11.3. The van der Waals surface area contributed by atoms with Gasteiger partial charge < -0.3 is 19.2 Å². The van der Waals surface area contributed by atoms with Crippen molar-refractivity contribution in [1.82, 2.24) is 14.1 Å². The Bertz CT molecular complexity index is 1540. The van der Waals surface area contributed by atoms with Crippen molar-refractivity contribution in [2.75, 3.05) is 12.4 Å². The smallest absolute Gasteiger partial charge is 0.310 e. The third-order valence-electron chi connectivity index (χ3n) is 5.68. The van der Waals surface area contributed by atoms with Gasteiger partial charge in [-0.1, -0.05) is 43.2 Å². The number of imidazole rings is 1. The maximum Gasteiger partial charge on any atom is 0.310 e. The summed E-state index contributed by atoms with van der Waals surface area (Å²) >= 11 is 6.23. The molecule has 6 nitrogen and oxygen atoms in total. The Labute approximate surface area is 214 Å². The molecule has 0 bridgehead atoms. The quantitative estimate of drug-likeness (QED) is 0.233. The summed E-state index contributed by atoms with van der Waals surface area (Å²) in [4.78, 5) is 15.4. The van der Waals surface area contributed by atoms with E-state index < -0.39 is 26.7 Å². The van der Waals surface area contributed by atoms with Gasteiger partial charge >= 0.3 is 10.2 Å². The lowest BCUT2D eigenvalue weighted by Crippen LogP contribution is -2.25. The first-order chi connectivity index (χ1) is 17.1. The number of aryl methyl sites for hydroxylation is 1. The van der Waals surface area contributed by atoms with Crippen molar-refractivity contribution in [2.45, 2.75) is 24.8 Å². The van der Waals surface area contributed by atoms with Gasteiger partial charge in [0.05, 0.1) is 35.9 Å². The van der Waals surface area contributed by atoms with Crippen molar-refractivity contribution in [2.24, 2.45) is 0 Å². The molecule has 2 aromatic carbocycles. The second-order valence-electron chi connectivity index (χ2n) is 8.43. The molecule has 0 saturated carbocycles. The summed E-state index contributed by atoms with van der Waals surface area (Å²) < 4.78 is 73.8. The van der Waals surface area contributed by atoms with Gasteiger partial charge in [0.2, 0.25) is 0 Å². The summed E-state index contributed by atoms with van der Waals surface area (Å²) in [7, 11) is -8.30. The lowest BCUT2D eigenvalue weighted by molar-refractivity contribution is 0.364. The number of methoxy groups -OCH3 is 1. The molecule has 1 atom stereocenters. The number of nitrogens with zero attached hydrogens (tertiary/aromatic N) is 3. The van der Waals surface area contributed by atoms with Crippen LogP contribution in [0.5, 0.6) is 5.75 Å². The van der Waals surface area contributed by atoms with E-state index in [1.54, 1.807) is 36.0 Å². The standard InChI is InChI=1S/C24H22ClF5N4O2S/c1-15-12-33(14-31-15)22-9-6-19(11-23(22)36-3)32-21-10-18(25)13-34(24(21)35)16(2)17-4-7-20(8-5-17)37(26,27,28,29)30/h4-14,16,32H,1-3H3/t16-/m0/s1. The minimum Gasteiger partial charge on any atom is -0.494 e. The van der Waals surface area contributed by atoms with E-state index in [1.807, 2.05) is 13.1 Å². The lowest BCUT2D eigenvalue weighted by Gasteiger charge is -2.40. The Morgan fingerprint density at radius 1 is 1.03 bits per heavy atom. The number of pyridine rings is 1. The SMILES string of the molecule is COc1cc(Nc2cc(Cl)cn([C@@H](C)c3ccc(S(F)(F)(F)(F)F)cc3)c2=O)ccc1-n1cnc(C)c1. The van der Waals surface area contributed by atoms with E-state index >= 15 is 0 Å². The van der Waals surface area contributed by atoms with Gasteiger partial charge in [0, 0.05) is 24.1 Å². The highest BCUT2D eigenvalue weighted by Crippen LogP contribution is 3.02. The molecule has 2 aromatic heterocycles. The van der Waals surface area contributed by atoms with Gasteiger partial charge in [0.15, 0.2) is 0 Å². The molecule has 0 aliphatic carbocycles. The molecule has 4 rings (SSSR count). The lowest BCUT2D eigenvalue weighted by atomic mass is 10.1. The second kappa shape index (κ2) is 8.52. The number of halogens is 6. The molecule has 0 radical (unpaired) electrons. The topological polar surface area (TPSA) is 61.1 Å². The third-order valence-corrected chi connectivity index (χ3v) is 7.05. The molecule has 0 amide bonds. The molecule has 13 heteroatoms. The molecule has 198 valence electrons. The Hall–Kier alpha value is -3.51. The number of rotatable bonds is 7. The third kappa shape index (κ3) is 5.75. The zero-order chi connectivity index (χ0) is 27.2. The van der Waals surface area contributed by atoms with Crippen LogP contribution in [0.4, 0.5) is 30.8 Å². The van der Waals surface area contributed by atoms with E-state index in [-0.39, 0.29) is 16.3 Å². The average molecular weight is 561 g/mol. The van der Waals surface area contributed by atoms with Gasteiger partial charge in [0.25, 0.3) is 5.56 Å². The maximum absolute atomic E-state index is 13.2. The Kier molecular flexibility index (Phi) is 6.11. The van der Waals surface area contributed by atoms with Gasteiger partial charge in [0.1, 0.15) is 16.3 Å². The monoisotopic (exact) mass is 560 g/mol. The predicted octanol–water partition coefficient (Wildman–Crippen LogP) is 8.01. The van der Waals surface area contributed by atoms with Crippen molar-refractivity contribution in [3.05, 3.63) is 93.9 Å². The number of hydrogen-bond donors (Lipinski definition) is 1. The summed E-state index contributed by atoms with van der Waals surface area (Å²) in [5.74, 6) is 0.502. The predicted molar refractivity (Wildman–Crippen MR) is 135 cm³/mol. The fourth-order valence-corrected chi connectivity index (χ4v) is 4.65. The van der Waals surface area contributed by atoms with Crippen molar-refractivity contribution in [3.8, 4) is 11.4 Å². The van der Waals surface area contributed by atoms with Gasteiger partial charge in [-0.05, 0) is 49.7 Å². The summed E-state index contributed by atoms with van der Waals surface area (Å²) in [6.07, 6.45) is 4.79. The number of aromatic nitrogens is 3. The van der Waals surface area contributed by atoms with Crippen LogP contribution in [-0.2, 0) is 0 Å². The summed E-state index contributed by atoms with van der Waals surface area (Å²) in [5.41, 5.74) is 1.83. The molecule has 0 unspecified atom stereocenters. The van der Waals surface area contributed by atoms with Crippen LogP contribution in [0.1, 0.15) is 24.2 Å². The van der Waals surface area contributed by atoms with Crippen molar-refractivity contribution in [1.29, 1.82) is 0 Å². The first-order valence-electron chi connectivity index (χ1n) is 10.8. The number of nitrogens with one attached hydrogen (secondary N) is 1. The number of ether oxygens (including phenoxy) is 1. The molecule has 0 spiro atoms. The van der Waals surface area contributed by atoms with E-state index in [1.165, 1.54) is 23.9 Å². The van der Waals surface area contributed by atoms with E-state index in [2.05, 4.69) is 10.3 Å². The number of hydrogen-bond acceptors (Lipinski definition) is 4. The fourth-order valence-electron chi connectivity index (χ4n) is 3.79. The molecule has 0 fully saturated rings. The number of anilines is 2. The summed E-state index contributed by atoms with van der Waals surface area (Å²) in [6, 6.07) is 8.24. The van der Waals surface area contributed by atoms with Crippen molar-refractivity contribution in [3.63, 3.8) is 0 Å². The highest BCUT2D eigenvalue weighted by Gasteiger charge is 2.65.